The second kappa shape index (κ2) is 8.48. The number of fused-ring (bicyclic) bond motifs is 14. The molecule has 0 saturated heterocycles. The van der Waals surface area contributed by atoms with Crippen molar-refractivity contribution in [3.63, 3.8) is 0 Å². The highest BCUT2D eigenvalue weighted by Crippen LogP contribution is 2.60. The predicted molar refractivity (Wildman–Crippen MR) is 198 cm³/mol. The van der Waals surface area contributed by atoms with Gasteiger partial charge in [-0.25, -0.2) is 0 Å². The highest BCUT2D eigenvalue weighted by molar-refractivity contribution is 6.92. The highest BCUT2D eigenvalue weighted by Gasteiger charge is 2.52. The quantitative estimate of drug-likeness (QED) is 0.158. The van der Waals surface area contributed by atoms with Crippen LogP contribution < -0.4 is 20.5 Å². The van der Waals surface area contributed by atoms with Gasteiger partial charge in [0, 0.05) is 16.9 Å². The Morgan fingerprint density at radius 3 is 2.42 bits per heavy atom. The van der Waals surface area contributed by atoms with E-state index < -0.39 is 0 Å². The fraction of sp³-hybridized carbons (Fsp3) is 0.111. The van der Waals surface area contributed by atoms with Crippen LogP contribution in [-0.2, 0) is 11.8 Å². The van der Waals surface area contributed by atoms with E-state index >= 15 is 0 Å². The van der Waals surface area contributed by atoms with Crippen molar-refractivity contribution in [1.29, 1.82) is 0 Å². The van der Waals surface area contributed by atoms with Gasteiger partial charge in [0.25, 0.3) is 0 Å². The van der Waals surface area contributed by atoms with E-state index in [1.165, 1.54) is 88.6 Å². The molecule has 48 heavy (non-hydrogen) atoms. The summed E-state index contributed by atoms with van der Waals surface area (Å²) in [7, 11) is 0. The summed E-state index contributed by atoms with van der Waals surface area (Å²) in [6.45, 7) is 4.90. The first-order valence-corrected chi connectivity index (χ1v) is 17.2. The number of ether oxygens (including phenoxy) is 1. The molecule has 3 heteroatoms. The van der Waals surface area contributed by atoms with Gasteiger partial charge < -0.3 is 9.55 Å². The Morgan fingerprint density at radius 1 is 0.688 bits per heavy atom. The van der Waals surface area contributed by atoms with Gasteiger partial charge in [-0.2, -0.15) is 0 Å². The first kappa shape index (κ1) is 25.5. The summed E-state index contributed by atoms with van der Waals surface area (Å²) in [6.07, 6.45) is 0.996. The van der Waals surface area contributed by atoms with Crippen LogP contribution in [0, 0.1) is 0 Å². The van der Waals surface area contributed by atoms with E-state index in [4.69, 9.17) is 4.74 Å². The zero-order chi connectivity index (χ0) is 31.5. The van der Waals surface area contributed by atoms with Crippen LogP contribution in [0.25, 0.3) is 44.2 Å². The molecule has 0 saturated carbocycles. The third-order valence-corrected chi connectivity index (χ3v) is 12.2. The lowest BCUT2D eigenvalue weighted by atomic mass is 9.38. The van der Waals surface area contributed by atoms with Crippen molar-refractivity contribution in [1.82, 2.24) is 0 Å². The van der Waals surface area contributed by atoms with Crippen LogP contribution in [0.15, 0.2) is 127 Å². The molecular weight excluding hydrogens is 581 g/mol. The average Bonchev–Trinajstić information content (AvgIpc) is 3.36. The molecule has 0 fully saturated rings. The van der Waals surface area contributed by atoms with Crippen molar-refractivity contribution in [2.75, 3.05) is 4.81 Å². The van der Waals surface area contributed by atoms with Gasteiger partial charge in [-0.3, -0.25) is 0 Å². The number of benzene rings is 7. The molecule has 3 aliphatic heterocycles. The summed E-state index contributed by atoms with van der Waals surface area (Å²) in [4.78, 5) is 2.62. The van der Waals surface area contributed by atoms with Crippen LogP contribution in [-0.4, -0.2) is 6.85 Å². The van der Waals surface area contributed by atoms with E-state index in [-0.39, 0.29) is 18.2 Å². The van der Waals surface area contributed by atoms with Crippen LogP contribution in [0.4, 0.5) is 11.4 Å². The van der Waals surface area contributed by atoms with Crippen molar-refractivity contribution in [3.05, 3.63) is 155 Å². The minimum atomic E-state index is -0.142. The third-order valence-electron chi connectivity index (χ3n) is 12.2. The van der Waals surface area contributed by atoms with Gasteiger partial charge >= 0.3 is 6.85 Å². The number of hydrogen-bond acceptors (Lipinski definition) is 2. The molecule has 7 aromatic carbocycles. The lowest BCUT2D eigenvalue weighted by Crippen LogP contribution is -2.63. The SMILES string of the molecule is CC1(C)c2ccccc2-c2cc3c4c(c21)-c1cccc2c1N(B4c1cccc4c1C3Cc1c-4ccc3ccccc13)c1ccccc1O2. The highest BCUT2D eigenvalue weighted by atomic mass is 16.5. The third kappa shape index (κ3) is 2.86. The molecule has 3 heterocycles. The molecule has 2 aliphatic carbocycles. The van der Waals surface area contributed by atoms with Crippen molar-refractivity contribution in [2.45, 2.75) is 31.6 Å². The molecule has 0 radical (unpaired) electrons. The van der Waals surface area contributed by atoms with E-state index in [1.807, 2.05) is 0 Å². The first-order valence-electron chi connectivity index (χ1n) is 17.2. The molecule has 12 rings (SSSR count). The topological polar surface area (TPSA) is 12.5 Å². The number of nitrogens with zero attached hydrogens (tertiary/aromatic N) is 1. The van der Waals surface area contributed by atoms with E-state index in [0.717, 1.165) is 23.6 Å². The zero-order valence-corrected chi connectivity index (χ0v) is 26.8. The molecule has 0 spiro atoms. The second-order valence-electron chi connectivity index (χ2n) is 14.7. The smallest absolute Gasteiger partial charge is 0.329 e. The molecular formula is C45H30BNO. The maximum atomic E-state index is 6.72. The number of anilines is 2. The Hall–Kier alpha value is -5.54. The Labute approximate surface area is 280 Å². The van der Waals surface area contributed by atoms with Gasteiger partial charge in [-0.05, 0) is 102 Å². The lowest BCUT2D eigenvalue weighted by Gasteiger charge is -2.49. The molecule has 1 unspecified atom stereocenters. The van der Waals surface area contributed by atoms with E-state index in [2.05, 4.69) is 146 Å². The van der Waals surface area contributed by atoms with Gasteiger partial charge in [-0.15, -0.1) is 0 Å². The summed E-state index contributed by atoms with van der Waals surface area (Å²) >= 11 is 0. The predicted octanol–water partition coefficient (Wildman–Crippen LogP) is 9.84. The molecule has 1 atom stereocenters. The number of hydrogen-bond donors (Lipinski definition) is 0. The van der Waals surface area contributed by atoms with E-state index in [0.29, 0.717) is 0 Å². The molecule has 7 aromatic rings. The summed E-state index contributed by atoms with van der Waals surface area (Å²) < 4.78 is 6.72. The van der Waals surface area contributed by atoms with E-state index in [9.17, 15) is 0 Å². The van der Waals surface area contributed by atoms with Gasteiger partial charge in [0.05, 0.1) is 11.4 Å². The zero-order valence-electron chi connectivity index (χ0n) is 26.8. The van der Waals surface area contributed by atoms with Crippen molar-refractivity contribution >= 4 is 39.9 Å². The van der Waals surface area contributed by atoms with Crippen LogP contribution in [0.2, 0.25) is 0 Å². The molecule has 0 bridgehead atoms. The number of para-hydroxylation sites is 3. The fourth-order valence-corrected chi connectivity index (χ4v) is 10.4. The molecule has 0 amide bonds. The van der Waals surface area contributed by atoms with Gasteiger partial charge in [0.2, 0.25) is 0 Å². The molecule has 2 nitrogen and oxygen atoms in total. The second-order valence-corrected chi connectivity index (χ2v) is 14.7. The van der Waals surface area contributed by atoms with Crippen molar-refractivity contribution < 1.29 is 4.74 Å². The molecule has 224 valence electrons. The molecule has 0 aromatic heterocycles. The van der Waals surface area contributed by atoms with E-state index in [1.54, 1.807) is 0 Å². The van der Waals surface area contributed by atoms with Crippen LogP contribution in [0.3, 0.4) is 0 Å². The Morgan fingerprint density at radius 2 is 1.46 bits per heavy atom. The summed E-state index contributed by atoms with van der Waals surface area (Å²) in [5.41, 5.74) is 20.7. The van der Waals surface area contributed by atoms with Crippen LogP contribution >= 0.6 is 0 Å². The summed E-state index contributed by atoms with van der Waals surface area (Å²) in [6, 6.07) is 47.8. The Bertz CT molecular complexity index is 2630. The first-order chi connectivity index (χ1) is 23.6. The minimum absolute atomic E-state index is 0.0340. The summed E-state index contributed by atoms with van der Waals surface area (Å²) in [5.74, 6) is 2.12. The Kier molecular flexibility index (Phi) is 4.51. The van der Waals surface area contributed by atoms with Crippen molar-refractivity contribution in [3.8, 4) is 44.9 Å². The maximum absolute atomic E-state index is 6.72. The average molecular weight is 612 g/mol. The Balaban J connectivity index is 1.27. The lowest BCUT2D eigenvalue weighted by molar-refractivity contribution is 0.478. The van der Waals surface area contributed by atoms with Gasteiger partial charge in [0.1, 0.15) is 5.75 Å². The largest absolute Gasteiger partial charge is 0.453 e. The maximum Gasteiger partial charge on any atom is 0.329 e. The fourth-order valence-electron chi connectivity index (χ4n) is 10.4. The monoisotopic (exact) mass is 611 g/mol. The number of rotatable bonds is 0. The molecule has 5 aliphatic rings. The van der Waals surface area contributed by atoms with Crippen LogP contribution in [0.5, 0.6) is 11.5 Å². The minimum Gasteiger partial charge on any atom is -0.453 e. The normalized spacial score (nSPS) is 17.3. The summed E-state index contributed by atoms with van der Waals surface area (Å²) in [5, 5.41) is 2.70. The molecule has 0 N–H and O–H groups in total. The van der Waals surface area contributed by atoms with Crippen LogP contribution in [0.1, 0.15) is 47.6 Å². The standard InChI is InChI=1S/C45H30BNO/c1-45(2)35-16-6-5-13-28(35)33-24-34-32-23-31-26-12-4-3-11-25(26)21-22-27(31)29-14-9-17-36(40(29)32)46-43(34)41(42(33)45)30-15-10-20-39-44(30)47(46)37-18-7-8-19-38(37)48-39/h3-22,24,32H,23H2,1-2H3. The van der Waals surface area contributed by atoms with Gasteiger partial charge in [-0.1, -0.05) is 123 Å². The van der Waals surface area contributed by atoms with Crippen molar-refractivity contribution in [2.24, 2.45) is 0 Å². The van der Waals surface area contributed by atoms with Gasteiger partial charge in [0.15, 0.2) is 5.75 Å².